The molecule has 2 fully saturated rings. The highest BCUT2D eigenvalue weighted by atomic mass is 14.6. The van der Waals surface area contributed by atoms with E-state index in [1.54, 1.807) is 5.57 Å². The summed E-state index contributed by atoms with van der Waals surface area (Å²) in [6, 6.07) is 0. The second-order valence-electron chi connectivity index (χ2n) is 5.75. The topological polar surface area (TPSA) is 0 Å². The van der Waals surface area contributed by atoms with Crippen molar-refractivity contribution < 1.29 is 0 Å². The van der Waals surface area contributed by atoms with Gasteiger partial charge in [0.1, 0.15) is 0 Å². The standard InChI is InChI=1S/C14H24/c1-5-11(10(4)8-9(2)3)14-12-6-7-13(12)14/h9,11-14H,4-8H2,1-3H3. The van der Waals surface area contributed by atoms with Crippen molar-refractivity contribution >= 4 is 0 Å². The maximum Gasteiger partial charge on any atom is -0.0175 e. The molecule has 2 saturated carbocycles. The van der Waals surface area contributed by atoms with Gasteiger partial charge in [-0.2, -0.15) is 0 Å². The maximum atomic E-state index is 4.32. The van der Waals surface area contributed by atoms with Crippen LogP contribution in [0.3, 0.4) is 0 Å². The Morgan fingerprint density at radius 3 is 2.21 bits per heavy atom. The van der Waals surface area contributed by atoms with E-state index in [0.29, 0.717) is 0 Å². The van der Waals surface area contributed by atoms with Gasteiger partial charge in [0, 0.05) is 0 Å². The number of rotatable bonds is 5. The summed E-state index contributed by atoms with van der Waals surface area (Å²) < 4.78 is 0. The molecule has 0 heteroatoms. The Hall–Kier alpha value is -0.260. The monoisotopic (exact) mass is 192 g/mol. The quantitative estimate of drug-likeness (QED) is 0.571. The molecule has 2 aliphatic rings. The van der Waals surface area contributed by atoms with E-state index in [9.17, 15) is 0 Å². The van der Waals surface area contributed by atoms with Crippen molar-refractivity contribution in [1.29, 1.82) is 0 Å². The molecule has 0 aliphatic heterocycles. The van der Waals surface area contributed by atoms with Crippen molar-refractivity contribution in [3.8, 4) is 0 Å². The van der Waals surface area contributed by atoms with Gasteiger partial charge in [-0.15, -0.1) is 0 Å². The fourth-order valence-corrected chi connectivity index (χ4v) is 3.52. The summed E-state index contributed by atoms with van der Waals surface area (Å²) >= 11 is 0. The molecule has 3 atom stereocenters. The Labute approximate surface area is 88.8 Å². The van der Waals surface area contributed by atoms with Crippen LogP contribution >= 0.6 is 0 Å². The molecule has 14 heavy (non-hydrogen) atoms. The lowest BCUT2D eigenvalue weighted by Crippen LogP contribution is -2.08. The summed E-state index contributed by atoms with van der Waals surface area (Å²) in [5.74, 6) is 4.92. The fraction of sp³-hybridized carbons (Fsp3) is 0.857. The van der Waals surface area contributed by atoms with Gasteiger partial charge in [-0.1, -0.05) is 32.9 Å². The Morgan fingerprint density at radius 2 is 1.86 bits per heavy atom. The average molecular weight is 192 g/mol. The molecule has 3 unspecified atom stereocenters. The van der Waals surface area contributed by atoms with Gasteiger partial charge < -0.3 is 0 Å². The zero-order valence-electron chi connectivity index (χ0n) is 9.92. The number of hydrogen-bond donors (Lipinski definition) is 0. The van der Waals surface area contributed by atoms with Crippen molar-refractivity contribution in [1.82, 2.24) is 0 Å². The summed E-state index contributed by atoms with van der Waals surface area (Å²) in [5.41, 5.74) is 1.54. The lowest BCUT2D eigenvalue weighted by molar-refractivity contribution is 0.457. The van der Waals surface area contributed by atoms with Crippen LogP contribution in [0.15, 0.2) is 12.2 Å². The Kier molecular flexibility index (Phi) is 2.72. The van der Waals surface area contributed by atoms with Gasteiger partial charge in [-0.25, -0.2) is 0 Å². The highest BCUT2D eigenvalue weighted by Crippen LogP contribution is 2.65. The minimum absolute atomic E-state index is 0.785. The smallest absolute Gasteiger partial charge is 0.0175 e. The summed E-state index contributed by atoms with van der Waals surface area (Å²) in [4.78, 5) is 0. The van der Waals surface area contributed by atoms with Crippen LogP contribution in [0.5, 0.6) is 0 Å². The Bertz CT molecular complexity index is 216. The van der Waals surface area contributed by atoms with E-state index >= 15 is 0 Å². The largest absolute Gasteiger partial charge is 0.0996 e. The second kappa shape index (κ2) is 3.72. The first-order valence-electron chi connectivity index (χ1n) is 6.32. The van der Waals surface area contributed by atoms with E-state index in [0.717, 1.165) is 29.6 Å². The van der Waals surface area contributed by atoms with Crippen LogP contribution in [0.2, 0.25) is 0 Å². The van der Waals surface area contributed by atoms with Crippen LogP contribution in [0, 0.1) is 29.6 Å². The maximum absolute atomic E-state index is 4.32. The molecule has 0 bridgehead atoms. The van der Waals surface area contributed by atoms with Crippen LogP contribution in [0.1, 0.15) is 46.5 Å². The number of hydrogen-bond acceptors (Lipinski definition) is 0. The first-order valence-corrected chi connectivity index (χ1v) is 6.32. The molecule has 0 aromatic heterocycles. The average Bonchev–Trinajstić information content (AvgIpc) is 2.50. The molecule has 0 spiro atoms. The van der Waals surface area contributed by atoms with Crippen molar-refractivity contribution in [3.63, 3.8) is 0 Å². The minimum Gasteiger partial charge on any atom is -0.0996 e. The summed E-state index contributed by atoms with van der Waals surface area (Å²) in [7, 11) is 0. The SMILES string of the molecule is C=C(CC(C)C)C(CC)C1C2CCC21. The molecule has 2 aliphatic carbocycles. The summed E-state index contributed by atoms with van der Waals surface area (Å²) in [5, 5.41) is 0. The summed E-state index contributed by atoms with van der Waals surface area (Å²) in [6.45, 7) is 11.3. The van der Waals surface area contributed by atoms with Gasteiger partial charge in [-0.3, -0.25) is 0 Å². The van der Waals surface area contributed by atoms with Crippen LogP contribution < -0.4 is 0 Å². The fourth-order valence-electron chi connectivity index (χ4n) is 3.52. The highest BCUT2D eigenvalue weighted by Gasteiger charge is 2.58. The molecule has 0 aromatic carbocycles. The van der Waals surface area contributed by atoms with Crippen molar-refractivity contribution in [3.05, 3.63) is 12.2 Å². The first kappa shape index (κ1) is 10.3. The van der Waals surface area contributed by atoms with Gasteiger partial charge in [0.05, 0.1) is 0 Å². The summed E-state index contributed by atoms with van der Waals surface area (Å²) in [6.07, 6.45) is 5.60. The van der Waals surface area contributed by atoms with E-state index in [2.05, 4.69) is 27.4 Å². The zero-order valence-corrected chi connectivity index (χ0v) is 9.92. The lowest BCUT2D eigenvalue weighted by atomic mass is 9.86. The molecule has 0 amide bonds. The molecule has 0 N–H and O–H groups in total. The van der Waals surface area contributed by atoms with Gasteiger partial charge in [-0.05, 0) is 55.3 Å². The van der Waals surface area contributed by atoms with E-state index in [4.69, 9.17) is 0 Å². The highest BCUT2D eigenvalue weighted by molar-refractivity contribution is 5.15. The molecule has 2 rings (SSSR count). The van der Waals surface area contributed by atoms with Crippen molar-refractivity contribution in [2.24, 2.45) is 29.6 Å². The lowest BCUT2D eigenvalue weighted by Gasteiger charge is -2.19. The predicted molar refractivity (Wildman–Crippen MR) is 62.1 cm³/mol. The number of allylic oxidation sites excluding steroid dienone is 1. The second-order valence-corrected chi connectivity index (χ2v) is 5.75. The van der Waals surface area contributed by atoms with Crippen molar-refractivity contribution in [2.45, 2.75) is 46.5 Å². The Balaban J connectivity index is 1.89. The number of fused-ring (bicyclic) bond motifs is 1. The zero-order chi connectivity index (χ0) is 10.3. The first-order chi connectivity index (χ1) is 6.65. The van der Waals surface area contributed by atoms with Gasteiger partial charge in [0.25, 0.3) is 0 Å². The van der Waals surface area contributed by atoms with Gasteiger partial charge in [0.2, 0.25) is 0 Å². The third-order valence-electron chi connectivity index (χ3n) is 4.33. The molecule has 0 radical (unpaired) electrons. The third kappa shape index (κ3) is 1.64. The van der Waals surface area contributed by atoms with E-state index in [-0.39, 0.29) is 0 Å². The van der Waals surface area contributed by atoms with Crippen LogP contribution in [0.25, 0.3) is 0 Å². The minimum atomic E-state index is 0.785. The molecule has 0 saturated heterocycles. The van der Waals surface area contributed by atoms with Gasteiger partial charge >= 0.3 is 0 Å². The van der Waals surface area contributed by atoms with Crippen LogP contribution in [-0.2, 0) is 0 Å². The molecular weight excluding hydrogens is 168 g/mol. The van der Waals surface area contributed by atoms with E-state index in [1.165, 1.54) is 25.7 Å². The normalized spacial score (nSPS) is 36.1. The van der Waals surface area contributed by atoms with E-state index in [1.807, 2.05) is 0 Å². The van der Waals surface area contributed by atoms with E-state index < -0.39 is 0 Å². The molecule has 80 valence electrons. The van der Waals surface area contributed by atoms with Crippen molar-refractivity contribution in [2.75, 3.05) is 0 Å². The van der Waals surface area contributed by atoms with Crippen LogP contribution in [0.4, 0.5) is 0 Å². The molecule has 0 heterocycles. The molecule has 0 nitrogen and oxygen atoms in total. The van der Waals surface area contributed by atoms with Crippen LogP contribution in [-0.4, -0.2) is 0 Å². The molecular formula is C14H24. The Morgan fingerprint density at radius 1 is 1.29 bits per heavy atom. The predicted octanol–water partition coefficient (Wildman–Crippen LogP) is 4.27. The molecule has 0 aromatic rings. The third-order valence-corrected chi connectivity index (χ3v) is 4.33. The van der Waals surface area contributed by atoms with Gasteiger partial charge in [0.15, 0.2) is 0 Å².